The molecule has 0 aromatic heterocycles. The molecule has 0 aliphatic heterocycles. The molecule has 0 heterocycles. The molecule has 8 heteroatoms. The number of hydrogen-bond acceptors (Lipinski definition) is 5. The maximum absolute atomic E-state index is 12.4. The Morgan fingerprint density at radius 3 is 1.93 bits per heavy atom. The molecule has 1 atom stereocenters. The highest BCUT2D eigenvalue weighted by molar-refractivity contribution is 5.91. The molecule has 0 aliphatic rings. The fourth-order valence-corrected chi connectivity index (χ4v) is 2.91. The van der Waals surface area contributed by atoms with Crippen molar-refractivity contribution in [1.82, 2.24) is 10.6 Å². The van der Waals surface area contributed by atoms with Gasteiger partial charge in [0.25, 0.3) is 0 Å². The third-order valence-electron chi connectivity index (χ3n) is 4.51. The molecule has 6 N–H and O–H groups in total. The second kappa shape index (κ2) is 11.5. The number of carbonyl (C=O) groups is 3. The van der Waals surface area contributed by atoms with Gasteiger partial charge in [-0.1, -0.05) is 24.3 Å². The molecule has 0 saturated heterocycles. The van der Waals surface area contributed by atoms with Gasteiger partial charge in [-0.15, -0.1) is 0 Å². The highest BCUT2D eigenvalue weighted by Crippen LogP contribution is 2.12. The lowest BCUT2D eigenvalue weighted by molar-refractivity contribution is -0.131. The topological polar surface area (TPSA) is 142 Å². The number of aryl methyl sites for hydroxylation is 1. The van der Waals surface area contributed by atoms with Crippen LogP contribution in [0.4, 0.5) is 0 Å². The number of phenols is 2. The van der Waals surface area contributed by atoms with E-state index in [-0.39, 0.29) is 30.2 Å². The zero-order valence-corrected chi connectivity index (χ0v) is 16.6. The fourth-order valence-electron chi connectivity index (χ4n) is 2.91. The standard InChI is InChI=1S/C22H27N3O5/c23-20(28)14-19(22(30)24-13-12-16-6-10-18(27)11-7-16)25-21(29)3-1-2-15-4-8-17(26)9-5-15/h4-11,19,26-27H,1-3,12-14H2,(H2,23,28)(H,24,30)(H,25,29). The molecule has 0 spiro atoms. The molecule has 160 valence electrons. The van der Waals surface area contributed by atoms with Gasteiger partial charge >= 0.3 is 0 Å². The molecule has 2 aromatic carbocycles. The Bertz CT molecular complexity index is 850. The van der Waals surface area contributed by atoms with Gasteiger partial charge in [0.15, 0.2) is 0 Å². The van der Waals surface area contributed by atoms with Crippen molar-refractivity contribution in [2.24, 2.45) is 5.73 Å². The van der Waals surface area contributed by atoms with E-state index in [9.17, 15) is 24.6 Å². The summed E-state index contributed by atoms with van der Waals surface area (Å²) in [6.45, 7) is 0.315. The molecule has 30 heavy (non-hydrogen) atoms. The molecular weight excluding hydrogens is 386 g/mol. The monoisotopic (exact) mass is 413 g/mol. The molecule has 1 unspecified atom stereocenters. The minimum atomic E-state index is -1.02. The molecule has 2 rings (SSSR count). The van der Waals surface area contributed by atoms with Crippen LogP contribution < -0.4 is 16.4 Å². The van der Waals surface area contributed by atoms with E-state index in [1.54, 1.807) is 48.5 Å². The molecule has 2 aromatic rings. The number of rotatable bonds is 11. The van der Waals surface area contributed by atoms with Crippen LogP contribution in [0.2, 0.25) is 0 Å². The van der Waals surface area contributed by atoms with Gasteiger partial charge in [0.1, 0.15) is 17.5 Å². The normalized spacial score (nSPS) is 11.5. The van der Waals surface area contributed by atoms with Crippen molar-refractivity contribution in [3.05, 3.63) is 59.7 Å². The maximum Gasteiger partial charge on any atom is 0.243 e. The zero-order valence-electron chi connectivity index (χ0n) is 16.6. The largest absolute Gasteiger partial charge is 0.508 e. The van der Waals surface area contributed by atoms with Crippen molar-refractivity contribution < 1.29 is 24.6 Å². The molecule has 0 saturated carbocycles. The number of nitrogens with two attached hydrogens (primary N) is 1. The van der Waals surface area contributed by atoms with Gasteiger partial charge in [-0.05, 0) is 54.7 Å². The minimum Gasteiger partial charge on any atom is -0.508 e. The number of aromatic hydroxyl groups is 2. The summed E-state index contributed by atoms with van der Waals surface area (Å²) in [5.74, 6) is -1.15. The van der Waals surface area contributed by atoms with Crippen molar-refractivity contribution in [1.29, 1.82) is 0 Å². The molecule has 3 amide bonds. The van der Waals surface area contributed by atoms with E-state index in [0.717, 1.165) is 11.1 Å². The number of nitrogens with one attached hydrogen (secondary N) is 2. The van der Waals surface area contributed by atoms with Crippen LogP contribution in [0.1, 0.15) is 30.4 Å². The number of carbonyl (C=O) groups excluding carboxylic acids is 3. The van der Waals surface area contributed by atoms with Gasteiger partial charge in [0.2, 0.25) is 17.7 Å². The lowest BCUT2D eigenvalue weighted by Crippen LogP contribution is -2.49. The van der Waals surface area contributed by atoms with E-state index >= 15 is 0 Å². The molecule has 0 bridgehead atoms. The van der Waals surface area contributed by atoms with E-state index in [0.29, 0.717) is 25.8 Å². The Hall–Kier alpha value is -3.55. The van der Waals surface area contributed by atoms with E-state index in [4.69, 9.17) is 5.73 Å². The van der Waals surface area contributed by atoms with Gasteiger partial charge in [-0.3, -0.25) is 14.4 Å². The third-order valence-corrected chi connectivity index (χ3v) is 4.51. The molecule has 0 radical (unpaired) electrons. The van der Waals surface area contributed by atoms with Crippen LogP contribution in [0, 0.1) is 0 Å². The second-order valence-corrected chi connectivity index (χ2v) is 7.02. The average molecular weight is 413 g/mol. The molecule has 0 fully saturated rings. The predicted molar refractivity (Wildman–Crippen MR) is 112 cm³/mol. The summed E-state index contributed by atoms with van der Waals surface area (Å²) >= 11 is 0. The van der Waals surface area contributed by atoms with Gasteiger partial charge < -0.3 is 26.6 Å². The van der Waals surface area contributed by atoms with Gasteiger partial charge in [0, 0.05) is 13.0 Å². The van der Waals surface area contributed by atoms with Crippen molar-refractivity contribution in [2.45, 2.75) is 38.1 Å². The zero-order chi connectivity index (χ0) is 21.9. The number of phenolic OH excluding ortho intramolecular Hbond substituents is 2. The summed E-state index contributed by atoms with van der Waals surface area (Å²) in [5.41, 5.74) is 7.13. The summed E-state index contributed by atoms with van der Waals surface area (Å²) in [5, 5.41) is 23.8. The number of primary amides is 1. The smallest absolute Gasteiger partial charge is 0.243 e. The predicted octanol–water partition coefficient (Wildman–Crippen LogP) is 1.14. The first-order chi connectivity index (χ1) is 14.3. The second-order valence-electron chi connectivity index (χ2n) is 7.02. The Kier molecular flexibility index (Phi) is 8.68. The number of hydrogen-bond donors (Lipinski definition) is 5. The van der Waals surface area contributed by atoms with E-state index in [2.05, 4.69) is 10.6 Å². The summed E-state index contributed by atoms with van der Waals surface area (Å²) in [6.07, 6.45) is 1.65. The first-order valence-corrected chi connectivity index (χ1v) is 9.74. The molecule has 0 aliphatic carbocycles. The quantitative estimate of drug-likeness (QED) is 0.376. The molecular formula is C22H27N3O5. The third kappa shape index (κ3) is 8.22. The van der Waals surface area contributed by atoms with Crippen molar-refractivity contribution in [2.75, 3.05) is 6.54 Å². The lowest BCUT2D eigenvalue weighted by Gasteiger charge is -2.17. The van der Waals surface area contributed by atoms with E-state index < -0.39 is 17.9 Å². The minimum absolute atomic E-state index is 0.164. The van der Waals surface area contributed by atoms with Crippen LogP contribution in [-0.4, -0.2) is 40.5 Å². The fraction of sp³-hybridized carbons (Fsp3) is 0.318. The van der Waals surface area contributed by atoms with Gasteiger partial charge in [-0.25, -0.2) is 0 Å². The lowest BCUT2D eigenvalue weighted by atomic mass is 10.1. The van der Waals surface area contributed by atoms with Gasteiger partial charge in [0.05, 0.1) is 6.42 Å². The Morgan fingerprint density at radius 2 is 1.40 bits per heavy atom. The van der Waals surface area contributed by atoms with Crippen molar-refractivity contribution in [3.8, 4) is 11.5 Å². The van der Waals surface area contributed by atoms with Gasteiger partial charge in [-0.2, -0.15) is 0 Å². The van der Waals surface area contributed by atoms with Crippen molar-refractivity contribution >= 4 is 17.7 Å². The highest BCUT2D eigenvalue weighted by atomic mass is 16.3. The van der Waals surface area contributed by atoms with Crippen molar-refractivity contribution in [3.63, 3.8) is 0 Å². The highest BCUT2D eigenvalue weighted by Gasteiger charge is 2.22. The van der Waals surface area contributed by atoms with E-state index in [1.165, 1.54) is 0 Å². The molecule has 8 nitrogen and oxygen atoms in total. The first kappa shape index (κ1) is 22.7. The van der Waals surface area contributed by atoms with Crippen LogP contribution in [0.15, 0.2) is 48.5 Å². The van der Waals surface area contributed by atoms with Crippen LogP contribution in [0.25, 0.3) is 0 Å². The summed E-state index contributed by atoms with van der Waals surface area (Å²) < 4.78 is 0. The Morgan fingerprint density at radius 1 is 0.867 bits per heavy atom. The van der Waals surface area contributed by atoms with Crippen LogP contribution in [0.5, 0.6) is 11.5 Å². The number of benzene rings is 2. The summed E-state index contributed by atoms with van der Waals surface area (Å²) in [6, 6.07) is 12.3. The van der Waals surface area contributed by atoms with E-state index in [1.807, 2.05) is 0 Å². The number of amides is 3. The Labute approximate surface area is 175 Å². The SMILES string of the molecule is NC(=O)CC(NC(=O)CCCc1ccc(O)cc1)C(=O)NCCc1ccc(O)cc1. The maximum atomic E-state index is 12.4. The Balaban J connectivity index is 1.78. The van der Waals surface area contributed by atoms with Crippen LogP contribution in [-0.2, 0) is 27.2 Å². The summed E-state index contributed by atoms with van der Waals surface area (Å²) in [4.78, 5) is 35.9. The average Bonchev–Trinajstić information content (AvgIpc) is 2.70. The first-order valence-electron chi connectivity index (χ1n) is 9.74. The van der Waals surface area contributed by atoms with Crippen LogP contribution >= 0.6 is 0 Å². The van der Waals surface area contributed by atoms with Crippen LogP contribution in [0.3, 0.4) is 0 Å². The summed E-state index contributed by atoms with van der Waals surface area (Å²) in [7, 11) is 0.